The van der Waals surface area contributed by atoms with E-state index in [0.29, 0.717) is 11.1 Å². The fourth-order valence-electron chi connectivity index (χ4n) is 5.38. The molecule has 1 aliphatic heterocycles. The fourth-order valence-corrected chi connectivity index (χ4v) is 5.38. The van der Waals surface area contributed by atoms with Crippen molar-refractivity contribution in [1.82, 2.24) is 0 Å². The number of aliphatic hydroxyl groups is 4. The zero-order valence-electron chi connectivity index (χ0n) is 28.3. The number of aliphatic hydroxyl groups excluding tert-OH is 4. The second-order valence-corrected chi connectivity index (χ2v) is 12.6. The predicted molar refractivity (Wildman–Crippen MR) is 171 cm³/mol. The average Bonchev–Trinajstić information content (AvgIpc) is 2.99. The third-order valence-corrected chi connectivity index (χ3v) is 8.65. The van der Waals surface area contributed by atoms with Gasteiger partial charge < -0.3 is 34.6 Å². The molecule has 1 unspecified atom stereocenters. The second kappa shape index (κ2) is 18.4. The van der Waals surface area contributed by atoms with Gasteiger partial charge in [-0.1, -0.05) is 84.4 Å². The highest BCUT2D eigenvalue weighted by Crippen LogP contribution is 2.27. The van der Waals surface area contributed by atoms with E-state index in [1.807, 2.05) is 27.7 Å². The first-order valence-corrected chi connectivity index (χ1v) is 15.4. The number of hydrogen-bond donors (Lipinski definition) is 4. The Morgan fingerprint density at radius 3 is 2.18 bits per heavy atom. The molecule has 250 valence electrons. The van der Waals surface area contributed by atoms with Crippen LogP contribution in [0, 0.1) is 35.5 Å². The van der Waals surface area contributed by atoms with Crippen molar-refractivity contribution in [2.45, 2.75) is 98.9 Å². The van der Waals surface area contributed by atoms with Gasteiger partial charge in [0.2, 0.25) is 5.76 Å². The van der Waals surface area contributed by atoms with E-state index in [4.69, 9.17) is 14.2 Å². The van der Waals surface area contributed by atoms with Gasteiger partial charge in [-0.05, 0) is 37.5 Å². The molecule has 9 nitrogen and oxygen atoms in total. The monoisotopic (exact) mass is 620 g/mol. The van der Waals surface area contributed by atoms with Crippen molar-refractivity contribution in [2.24, 2.45) is 35.5 Å². The predicted octanol–water partition coefficient (Wildman–Crippen LogP) is 4.31. The lowest BCUT2D eigenvalue weighted by molar-refractivity contribution is -0.162. The molecule has 1 rings (SSSR count). The number of ketones is 1. The molecule has 0 spiro atoms. The number of cyclic esters (lactones) is 1. The summed E-state index contributed by atoms with van der Waals surface area (Å²) in [4.78, 5) is 26.4. The van der Waals surface area contributed by atoms with Gasteiger partial charge in [-0.2, -0.15) is 0 Å². The highest BCUT2D eigenvalue weighted by Gasteiger charge is 2.38. The average molecular weight is 621 g/mol. The van der Waals surface area contributed by atoms with Crippen LogP contribution in [0.25, 0.3) is 0 Å². The molecule has 0 radical (unpaired) electrons. The van der Waals surface area contributed by atoms with E-state index in [0.717, 1.165) is 0 Å². The van der Waals surface area contributed by atoms with E-state index >= 15 is 0 Å². The number of carbonyl (C=O) groups excluding carboxylic acids is 2. The van der Waals surface area contributed by atoms with Crippen LogP contribution < -0.4 is 0 Å². The lowest BCUT2D eigenvalue weighted by atomic mass is 9.84. The van der Waals surface area contributed by atoms with Crippen molar-refractivity contribution in [3.05, 3.63) is 59.4 Å². The summed E-state index contributed by atoms with van der Waals surface area (Å²) < 4.78 is 17.0. The standard InChI is InChI=1S/C35H56O9/c1-19(2)30(37)22(5)15-16-27(36)24(7)33(40)26(9)34-28(42-10)14-12-13-21(4)31(38)25(8)32(39)23(6)17-20(3)18-29(43-11)35(41)44-34/h12-19,22-26,28,30-34,37-40H,1-11H3/b14-12-,16-15+,20-17-,21-13-,29-18+/t22-,23+,24+,25-,26-,28-,30+,31?,32-,33-,34+/m0/s1. The molecule has 0 amide bonds. The largest absolute Gasteiger partial charge is 0.490 e. The zero-order valence-corrected chi connectivity index (χ0v) is 28.3. The van der Waals surface area contributed by atoms with E-state index in [9.17, 15) is 30.0 Å². The lowest BCUT2D eigenvalue weighted by Crippen LogP contribution is -2.45. The summed E-state index contributed by atoms with van der Waals surface area (Å²) >= 11 is 0. The van der Waals surface area contributed by atoms with Gasteiger partial charge in [0.05, 0.1) is 31.5 Å². The summed E-state index contributed by atoms with van der Waals surface area (Å²) in [7, 11) is 2.78. The highest BCUT2D eigenvalue weighted by atomic mass is 16.6. The fraction of sp³-hybridized carbons (Fsp3) is 0.657. The Bertz CT molecular complexity index is 1090. The molecule has 0 aromatic rings. The smallest absolute Gasteiger partial charge is 0.373 e. The topological polar surface area (TPSA) is 143 Å². The van der Waals surface area contributed by atoms with Crippen molar-refractivity contribution < 1.29 is 44.2 Å². The normalized spacial score (nSPS) is 33.9. The Hall–Kier alpha value is -2.56. The molecule has 1 heterocycles. The number of ether oxygens (including phenoxy) is 3. The highest BCUT2D eigenvalue weighted by molar-refractivity contribution is 5.92. The van der Waals surface area contributed by atoms with Gasteiger partial charge in [0, 0.05) is 36.7 Å². The minimum atomic E-state index is -1.22. The van der Waals surface area contributed by atoms with Crippen LogP contribution >= 0.6 is 0 Å². The van der Waals surface area contributed by atoms with Crippen molar-refractivity contribution >= 4 is 11.8 Å². The number of allylic oxidation sites excluding steroid dienone is 5. The van der Waals surface area contributed by atoms with Crippen LogP contribution in [0.3, 0.4) is 0 Å². The summed E-state index contributed by atoms with van der Waals surface area (Å²) in [6.45, 7) is 16.0. The van der Waals surface area contributed by atoms with Crippen LogP contribution in [-0.2, 0) is 23.8 Å². The van der Waals surface area contributed by atoms with Gasteiger partial charge in [0.1, 0.15) is 12.2 Å². The van der Waals surface area contributed by atoms with E-state index in [2.05, 4.69) is 0 Å². The zero-order chi connectivity index (χ0) is 33.9. The van der Waals surface area contributed by atoms with Crippen LogP contribution in [0.15, 0.2) is 59.4 Å². The Labute approximate surface area is 264 Å². The molecule has 1 aliphatic rings. The van der Waals surface area contributed by atoms with Gasteiger partial charge in [-0.3, -0.25) is 4.79 Å². The Morgan fingerprint density at radius 1 is 1.02 bits per heavy atom. The molecule has 0 aromatic heterocycles. The van der Waals surface area contributed by atoms with Crippen LogP contribution in [0.4, 0.5) is 0 Å². The molecule has 4 N–H and O–H groups in total. The molecule has 44 heavy (non-hydrogen) atoms. The number of esters is 1. The van der Waals surface area contributed by atoms with Gasteiger partial charge in [0.25, 0.3) is 0 Å². The number of methoxy groups -OCH3 is 2. The van der Waals surface area contributed by atoms with Crippen LogP contribution in [-0.4, -0.2) is 83.0 Å². The van der Waals surface area contributed by atoms with Crippen LogP contribution in [0.5, 0.6) is 0 Å². The van der Waals surface area contributed by atoms with E-state index < -0.39 is 60.3 Å². The summed E-state index contributed by atoms with van der Waals surface area (Å²) in [6, 6.07) is 0. The van der Waals surface area contributed by atoms with Gasteiger partial charge in [-0.15, -0.1) is 0 Å². The third-order valence-electron chi connectivity index (χ3n) is 8.65. The molecule has 0 fully saturated rings. The Kier molecular flexibility index (Phi) is 16.5. The van der Waals surface area contributed by atoms with Gasteiger partial charge in [0.15, 0.2) is 5.78 Å². The van der Waals surface area contributed by atoms with E-state index in [1.165, 1.54) is 26.4 Å². The molecule has 9 heteroatoms. The van der Waals surface area contributed by atoms with Crippen molar-refractivity contribution in [1.29, 1.82) is 0 Å². The number of carbonyl (C=O) groups is 2. The molecular formula is C35H56O9. The minimum absolute atomic E-state index is 0.0238. The summed E-state index contributed by atoms with van der Waals surface area (Å²) in [5, 5.41) is 43.4. The van der Waals surface area contributed by atoms with Crippen molar-refractivity contribution in [2.75, 3.05) is 14.2 Å². The first kappa shape index (κ1) is 39.5. The van der Waals surface area contributed by atoms with E-state index in [1.54, 1.807) is 65.0 Å². The Morgan fingerprint density at radius 2 is 1.64 bits per heavy atom. The summed E-state index contributed by atoms with van der Waals surface area (Å²) in [6.07, 6.45) is 5.86. The third kappa shape index (κ3) is 11.1. The second-order valence-electron chi connectivity index (χ2n) is 12.6. The molecule has 0 saturated heterocycles. The molecule has 11 atom stereocenters. The SMILES string of the molecule is CO/C1=C/C(C)=C\[C@@H](C)[C@H](O)[C@@H](C)C(O)/C(C)=C\C=C/[C@H](OC)[C@@H]([C@@H](C)[C@@H](O)[C@H](C)C(=O)/C=C/[C@H](C)[C@H](O)C(C)C)OC1=O. The van der Waals surface area contributed by atoms with Gasteiger partial charge >= 0.3 is 5.97 Å². The molecule has 0 aromatic carbocycles. The lowest BCUT2D eigenvalue weighted by Gasteiger charge is -2.33. The first-order valence-electron chi connectivity index (χ1n) is 15.4. The number of hydrogen-bond acceptors (Lipinski definition) is 9. The van der Waals surface area contributed by atoms with Crippen molar-refractivity contribution in [3.63, 3.8) is 0 Å². The molecule has 0 saturated carbocycles. The van der Waals surface area contributed by atoms with Crippen molar-refractivity contribution in [3.8, 4) is 0 Å². The first-order chi connectivity index (χ1) is 20.5. The molecule has 0 aliphatic carbocycles. The quantitative estimate of drug-likeness (QED) is 0.208. The summed E-state index contributed by atoms with van der Waals surface area (Å²) in [5.41, 5.74) is 1.26. The minimum Gasteiger partial charge on any atom is -0.490 e. The maximum absolute atomic E-state index is 13.4. The number of rotatable bonds is 10. The van der Waals surface area contributed by atoms with Crippen LogP contribution in [0.2, 0.25) is 0 Å². The van der Waals surface area contributed by atoms with Gasteiger partial charge in [-0.25, -0.2) is 4.79 Å². The maximum atomic E-state index is 13.4. The van der Waals surface area contributed by atoms with Crippen LogP contribution in [0.1, 0.15) is 62.3 Å². The van der Waals surface area contributed by atoms with E-state index in [-0.39, 0.29) is 29.3 Å². The molecular weight excluding hydrogens is 564 g/mol. The molecule has 0 bridgehead atoms. The maximum Gasteiger partial charge on any atom is 0.373 e. The Balaban J connectivity index is 3.52. The summed E-state index contributed by atoms with van der Waals surface area (Å²) in [5.74, 6) is -3.86.